The molecule has 1 saturated heterocycles. The number of hydrogen-bond donors (Lipinski definition) is 1. The van der Waals surface area contributed by atoms with E-state index in [-0.39, 0.29) is 12.5 Å². The predicted molar refractivity (Wildman–Crippen MR) is 124 cm³/mol. The van der Waals surface area contributed by atoms with E-state index in [2.05, 4.69) is 6.92 Å². The molecule has 2 N–H and O–H groups in total. The molecule has 7 nitrogen and oxygen atoms in total. The molecule has 2 aromatic rings. The van der Waals surface area contributed by atoms with Crippen LogP contribution >= 0.6 is 11.8 Å². The average Bonchev–Trinajstić information content (AvgIpc) is 3.06. The smallest absolute Gasteiger partial charge is 0.266 e. The van der Waals surface area contributed by atoms with Crippen molar-refractivity contribution in [1.29, 1.82) is 0 Å². The molecule has 0 radical (unpaired) electrons. The summed E-state index contributed by atoms with van der Waals surface area (Å²) in [5, 5.41) is 0.660. The lowest BCUT2D eigenvalue weighted by Gasteiger charge is -2.13. The summed E-state index contributed by atoms with van der Waals surface area (Å²) in [7, 11) is 1.51. The van der Waals surface area contributed by atoms with Gasteiger partial charge in [0.1, 0.15) is 0 Å². The summed E-state index contributed by atoms with van der Waals surface area (Å²) < 4.78 is 10.7. The number of amides is 2. The molecule has 0 saturated carbocycles. The maximum Gasteiger partial charge on any atom is 0.266 e. The number of methoxy groups -OCH3 is 1. The van der Waals surface area contributed by atoms with Crippen molar-refractivity contribution in [1.82, 2.24) is 4.90 Å². The van der Waals surface area contributed by atoms with Gasteiger partial charge in [-0.2, -0.15) is 0 Å². The number of rotatable bonds is 8. The molecule has 31 heavy (non-hydrogen) atoms. The van der Waals surface area contributed by atoms with Crippen LogP contribution in [0.2, 0.25) is 0 Å². The van der Waals surface area contributed by atoms with Gasteiger partial charge in [0.2, 0.25) is 0 Å². The second kappa shape index (κ2) is 10.2. The Labute approximate surface area is 185 Å². The van der Waals surface area contributed by atoms with Crippen LogP contribution in [0.5, 0.6) is 11.5 Å². The van der Waals surface area contributed by atoms with Gasteiger partial charge < -0.3 is 15.2 Å². The predicted octanol–water partition coefficient (Wildman–Crippen LogP) is 3.75. The first-order valence-electron chi connectivity index (χ1n) is 9.94. The van der Waals surface area contributed by atoms with Crippen LogP contribution in [0.3, 0.4) is 0 Å². The third kappa shape index (κ3) is 5.27. The molecule has 1 aliphatic heterocycles. The molecular weight excluding hydrogens is 414 g/mol. The zero-order chi connectivity index (χ0) is 22.4. The van der Waals surface area contributed by atoms with Gasteiger partial charge in [-0.25, -0.2) is 4.99 Å². The highest BCUT2D eigenvalue weighted by molar-refractivity contribution is 8.18. The number of aryl methyl sites for hydroxylation is 1. The van der Waals surface area contributed by atoms with Gasteiger partial charge in [-0.3, -0.25) is 14.5 Å². The Balaban J connectivity index is 1.90. The molecular formula is C23H25N3O4S. The molecule has 2 aromatic carbocycles. The molecule has 1 aliphatic rings. The monoisotopic (exact) mass is 439 g/mol. The first kappa shape index (κ1) is 22.4. The van der Waals surface area contributed by atoms with Crippen molar-refractivity contribution in [2.45, 2.75) is 20.3 Å². The maximum atomic E-state index is 12.9. The van der Waals surface area contributed by atoms with Crippen molar-refractivity contribution in [3.63, 3.8) is 0 Å². The fourth-order valence-corrected chi connectivity index (χ4v) is 4.14. The van der Waals surface area contributed by atoms with Crippen LogP contribution < -0.4 is 15.2 Å². The number of carbonyl (C=O) groups is 2. The minimum absolute atomic E-state index is 0.0896. The van der Waals surface area contributed by atoms with Crippen molar-refractivity contribution in [2.24, 2.45) is 10.7 Å². The van der Waals surface area contributed by atoms with E-state index in [1.807, 2.05) is 31.2 Å². The molecule has 1 heterocycles. The van der Waals surface area contributed by atoms with Crippen LogP contribution in [0.25, 0.3) is 6.08 Å². The molecule has 0 aromatic heterocycles. The number of nitrogens with two attached hydrogens (primary N) is 1. The zero-order valence-corrected chi connectivity index (χ0v) is 18.6. The lowest BCUT2D eigenvalue weighted by Crippen LogP contribution is -2.28. The number of likely N-dealkylation sites (N-methyl/N-ethyl adjacent to an activating group) is 1. The number of nitrogens with zero attached hydrogens (tertiary/aromatic N) is 2. The van der Waals surface area contributed by atoms with Gasteiger partial charge in [0.05, 0.1) is 17.7 Å². The Morgan fingerprint density at radius 2 is 1.97 bits per heavy atom. The summed E-state index contributed by atoms with van der Waals surface area (Å²) in [5.41, 5.74) is 7.90. The van der Waals surface area contributed by atoms with E-state index >= 15 is 0 Å². The first-order chi connectivity index (χ1) is 15.0. The van der Waals surface area contributed by atoms with E-state index in [1.54, 1.807) is 29.2 Å². The Hall–Kier alpha value is -3.26. The molecule has 8 heteroatoms. The van der Waals surface area contributed by atoms with E-state index < -0.39 is 5.91 Å². The summed E-state index contributed by atoms with van der Waals surface area (Å²) in [5.74, 6) is 0.192. The molecule has 0 bridgehead atoms. The second-order valence-corrected chi connectivity index (χ2v) is 7.71. The van der Waals surface area contributed by atoms with E-state index in [0.717, 1.165) is 23.2 Å². The van der Waals surface area contributed by atoms with E-state index in [9.17, 15) is 9.59 Å². The molecule has 162 valence electrons. The summed E-state index contributed by atoms with van der Waals surface area (Å²) in [6, 6.07) is 13.2. The number of thioether (sulfide) groups is 1. The largest absolute Gasteiger partial charge is 0.493 e. The van der Waals surface area contributed by atoms with Crippen LogP contribution in [0.1, 0.15) is 25.0 Å². The zero-order valence-electron chi connectivity index (χ0n) is 17.8. The fourth-order valence-electron chi connectivity index (χ4n) is 3.09. The van der Waals surface area contributed by atoms with Crippen molar-refractivity contribution in [3.05, 3.63) is 58.5 Å². The van der Waals surface area contributed by atoms with Crippen molar-refractivity contribution < 1.29 is 19.1 Å². The summed E-state index contributed by atoms with van der Waals surface area (Å²) in [6.07, 6.45) is 2.66. The normalized spacial score (nSPS) is 16.2. The average molecular weight is 440 g/mol. The third-order valence-corrected chi connectivity index (χ3v) is 5.65. The highest BCUT2D eigenvalue weighted by Crippen LogP contribution is 2.36. The minimum Gasteiger partial charge on any atom is -0.493 e. The summed E-state index contributed by atoms with van der Waals surface area (Å²) in [4.78, 5) is 30.9. The van der Waals surface area contributed by atoms with Gasteiger partial charge in [0.25, 0.3) is 11.8 Å². The highest BCUT2D eigenvalue weighted by Gasteiger charge is 2.32. The van der Waals surface area contributed by atoms with Gasteiger partial charge in [-0.1, -0.05) is 31.2 Å². The molecule has 0 aliphatic carbocycles. The molecule has 1 fully saturated rings. The lowest BCUT2D eigenvalue weighted by molar-refractivity contribution is -0.122. The number of ether oxygens (including phenoxy) is 2. The van der Waals surface area contributed by atoms with Crippen LogP contribution in [0, 0.1) is 0 Å². The first-order valence-corrected chi connectivity index (χ1v) is 10.8. The number of amidine groups is 1. The number of carbonyl (C=O) groups excluding carboxylic acids is 2. The van der Waals surface area contributed by atoms with Gasteiger partial charge in [-0.15, -0.1) is 0 Å². The fraction of sp³-hybridized carbons (Fsp3) is 0.261. The van der Waals surface area contributed by atoms with Gasteiger partial charge in [0, 0.05) is 6.54 Å². The summed E-state index contributed by atoms with van der Waals surface area (Å²) in [6.45, 7) is 4.30. The van der Waals surface area contributed by atoms with Crippen LogP contribution in [-0.4, -0.2) is 42.1 Å². The van der Waals surface area contributed by atoms with Gasteiger partial charge in [0.15, 0.2) is 23.3 Å². The number of benzene rings is 2. The Kier molecular flexibility index (Phi) is 7.36. The van der Waals surface area contributed by atoms with Crippen LogP contribution in [0.15, 0.2) is 52.4 Å². The number of primary amides is 1. The van der Waals surface area contributed by atoms with Crippen molar-refractivity contribution >= 4 is 40.5 Å². The van der Waals surface area contributed by atoms with E-state index in [4.69, 9.17) is 20.2 Å². The topological polar surface area (TPSA) is 94.2 Å². The molecule has 0 atom stereocenters. The molecule has 2 amide bonds. The summed E-state index contributed by atoms with van der Waals surface area (Å²) >= 11 is 1.35. The van der Waals surface area contributed by atoms with Crippen molar-refractivity contribution in [3.8, 4) is 11.5 Å². The van der Waals surface area contributed by atoms with E-state index in [0.29, 0.717) is 28.1 Å². The standard InChI is InChI=1S/C23H25N3O4S/c1-4-16-8-6-7-9-17(16)25-23-26(5-2)22(28)20(31-23)13-15-10-11-18(19(12-15)29-3)30-14-21(24)27/h6-13H,4-5,14H2,1-3H3,(H2,24,27)/b20-13+,25-23?. The Morgan fingerprint density at radius 1 is 1.19 bits per heavy atom. The van der Waals surface area contributed by atoms with Gasteiger partial charge >= 0.3 is 0 Å². The highest BCUT2D eigenvalue weighted by atomic mass is 32.2. The number of aliphatic imine (C=N–C) groups is 1. The van der Waals surface area contributed by atoms with E-state index in [1.165, 1.54) is 18.9 Å². The molecule has 0 unspecified atom stereocenters. The minimum atomic E-state index is -0.572. The van der Waals surface area contributed by atoms with Crippen molar-refractivity contribution in [2.75, 3.05) is 20.3 Å². The SMILES string of the molecule is CCc1ccccc1N=C1S/C(=C/c2ccc(OCC(N)=O)c(OC)c2)C(=O)N1CC. The number of hydrogen-bond acceptors (Lipinski definition) is 6. The van der Waals surface area contributed by atoms with Crippen LogP contribution in [-0.2, 0) is 16.0 Å². The lowest BCUT2D eigenvalue weighted by atomic mass is 10.1. The number of para-hydroxylation sites is 1. The maximum absolute atomic E-state index is 12.9. The Bertz CT molecular complexity index is 1050. The molecule has 0 spiro atoms. The Morgan fingerprint density at radius 3 is 2.65 bits per heavy atom. The molecule has 3 rings (SSSR count). The van der Waals surface area contributed by atoms with Crippen LogP contribution in [0.4, 0.5) is 5.69 Å². The second-order valence-electron chi connectivity index (χ2n) is 6.70. The third-order valence-electron chi connectivity index (χ3n) is 4.65. The van der Waals surface area contributed by atoms with Gasteiger partial charge in [-0.05, 0) is 60.5 Å². The quantitative estimate of drug-likeness (QED) is 0.632.